The first-order chi connectivity index (χ1) is 9.65. The van der Waals surface area contributed by atoms with Crippen molar-refractivity contribution < 1.29 is 4.74 Å². The molecule has 1 saturated heterocycles. The van der Waals surface area contributed by atoms with Crippen molar-refractivity contribution in [2.75, 3.05) is 20.2 Å². The molecule has 0 bridgehead atoms. The summed E-state index contributed by atoms with van der Waals surface area (Å²) < 4.78 is 5.80. The molecule has 20 heavy (non-hydrogen) atoms. The van der Waals surface area contributed by atoms with Crippen molar-refractivity contribution >= 4 is 0 Å². The molecule has 0 saturated carbocycles. The molecular formula is C17H28N2O. The molecule has 1 N–H and O–H groups in total. The Balaban J connectivity index is 2.21. The van der Waals surface area contributed by atoms with Gasteiger partial charge in [-0.25, -0.2) is 0 Å². The lowest BCUT2D eigenvalue weighted by Crippen LogP contribution is -2.26. The third kappa shape index (κ3) is 3.53. The Morgan fingerprint density at radius 3 is 2.85 bits per heavy atom. The highest BCUT2D eigenvalue weighted by Gasteiger charge is 2.21. The molecule has 1 aromatic rings. The number of ether oxygens (including phenoxy) is 1. The summed E-state index contributed by atoms with van der Waals surface area (Å²) in [7, 11) is 2.00. The van der Waals surface area contributed by atoms with Crippen LogP contribution in [0.4, 0.5) is 0 Å². The van der Waals surface area contributed by atoms with Gasteiger partial charge in [-0.3, -0.25) is 4.90 Å². The van der Waals surface area contributed by atoms with E-state index in [1.165, 1.54) is 30.5 Å². The van der Waals surface area contributed by atoms with Crippen LogP contribution in [-0.2, 0) is 6.54 Å². The molecular weight excluding hydrogens is 248 g/mol. The summed E-state index contributed by atoms with van der Waals surface area (Å²) in [6.45, 7) is 9.50. The van der Waals surface area contributed by atoms with Gasteiger partial charge in [0.25, 0.3) is 0 Å². The van der Waals surface area contributed by atoms with Crippen molar-refractivity contribution in [2.24, 2.45) is 0 Å². The first-order valence-corrected chi connectivity index (χ1v) is 7.82. The van der Waals surface area contributed by atoms with E-state index in [1.54, 1.807) is 0 Å². The topological polar surface area (TPSA) is 24.5 Å². The zero-order valence-corrected chi connectivity index (χ0v) is 13.3. The fraction of sp³-hybridized carbons (Fsp3) is 0.647. The second kappa shape index (κ2) is 7.09. The van der Waals surface area contributed by atoms with Gasteiger partial charge in [-0.1, -0.05) is 6.07 Å². The number of likely N-dealkylation sites (tertiary alicyclic amines) is 1. The molecule has 2 unspecified atom stereocenters. The average Bonchev–Trinajstić information content (AvgIpc) is 2.85. The Morgan fingerprint density at radius 1 is 1.45 bits per heavy atom. The van der Waals surface area contributed by atoms with E-state index in [0.717, 1.165) is 18.9 Å². The number of rotatable bonds is 6. The quantitative estimate of drug-likeness (QED) is 0.862. The normalized spacial score (nSPS) is 21.1. The van der Waals surface area contributed by atoms with Crippen molar-refractivity contribution in [3.63, 3.8) is 0 Å². The van der Waals surface area contributed by atoms with Gasteiger partial charge in [0, 0.05) is 24.2 Å². The van der Waals surface area contributed by atoms with Gasteiger partial charge in [0.1, 0.15) is 5.75 Å². The van der Waals surface area contributed by atoms with Crippen LogP contribution in [0.2, 0.25) is 0 Å². The van der Waals surface area contributed by atoms with Gasteiger partial charge in [0.2, 0.25) is 0 Å². The van der Waals surface area contributed by atoms with Crippen LogP contribution in [0.25, 0.3) is 0 Å². The fourth-order valence-corrected chi connectivity index (χ4v) is 2.90. The van der Waals surface area contributed by atoms with Crippen molar-refractivity contribution in [1.29, 1.82) is 0 Å². The van der Waals surface area contributed by atoms with Gasteiger partial charge >= 0.3 is 0 Å². The minimum Gasteiger partial charge on any atom is -0.494 e. The number of hydrogen-bond donors (Lipinski definition) is 1. The summed E-state index contributed by atoms with van der Waals surface area (Å²) in [6.07, 6.45) is 2.63. The zero-order valence-electron chi connectivity index (χ0n) is 13.3. The molecule has 1 fully saturated rings. The first-order valence-electron chi connectivity index (χ1n) is 7.82. The van der Waals surface area contributed by atoms with Crippen LogP contribution in [0.3, 0.4) is 0 Å². The number of nitrogens with zero attached hydrogens (tertiary/aromatic N) is 1. The van der Waals surface area contributed by atoms with Crippen molar-refractivity contribution in [2.45, 2.75) is 52.2 Å². The number of nitrogens with one attached hydrogen (secondary N) is 1. The maximum Gasteiger partial charge on any atom is 0.123 e. The summed E-state index contributed by atoms with van der Waals surface area (Å²) >= 11 is 0. The smallest absolute Gasteiger partial charge is 0.123 e. The van der Waals surface area contributed by atoms with Crippen LogP contribution in [0.15, 0.2) is 18.2 Å². The van der Waals surface area contributed by atoms with E-state index >= 15 is 0 Å². The second-order valence-corrected chi connectivity index (χ2v) is 5.77. The van der Waals surface area contributed by atoms with Crippen molar-refractivity contribution in [1.82, 2.24) is 10.2 Å². The summed E-state index contributed by atoms with van der Waals surface area (Å²) in [5.41, 5.74) is 2.65. The molecule has 1 aliphatic rings. The standard InChI is InChI=1S/C17H28N2O/c1-5-20-17-9-8-15(14(3)18-4)11-16(17)12-19-10-6-7-13(19)2/h8-9,11,13-14,18H,5-7,10,12H2,1-4H3. The molecule has 1 aliphatic heterocycles. The van der Waals surface area contributed by atoms with Gasteiger partial charge in [-0.2, -0.15) is 0 Å². The SMILES string of the molecule is CCOc1ccc(C(C)NC)cc1CN1CCCC1C. The molecule has 0 spiro atoms. The van der Waals surface area contributed by atoms with E-state index in [1.807, 2.05) is 14.0 Å². The monoisotopic (exact) mass is 276 g/mol. The van der Waals surface area contributed by atoms with E-state index in [-0.39, 0.29) is 0 Å². The third-order valence-electron chi connectivity index (χ3n) is 4.38. The maximum absolute atomic E-state index is 5.80. The highest BCUT2D eigenvalue weighted by Crippen LogP contribution is 2.27. The van der Waals surface area contributed by atoms with Crippen molar-refractivity contribution in [3.8, 4) is 5.75 Å². The Kier molecular flexibility index (Phi) is 5.44. The molecule has 3 heteroatoms. The largest absolute Gasteiger partial charge is 0.494 e. The van der Waals surface area contributed by atoms with Crippen molar-refractivity contribution in [3.05, 3.63) is 29.3 Å². The minimum atomic E-state index is 0.375. The summed E-state index contributed by atoms with van der Waals surface area (Å²) in [4.78, 5) is 2.56. The molecule has 0 aromatic heterocycles. The first kappa shape index (κ1) is 15.3. The highest BCUT2D eigenvalue weighted by atomic mass is 16.5. The minimum absolute atomic E-state index is 0.375. The van der Waals surface area contributed by atoms with E-state index < -0.39 is 0 Å². The van der Waals surface area contributed by atoms with Crippen LogP contribution in [0.5, 0.6) is 5.75 Å². The lowest BCUT2D eigenvalue weighted by atomic mass is 10.0. The van der Waals surface area contributed by atoms with E-state index in [2.05, 4.69) is 42.3 Å². The Hall–Kier alpha value is -1.06. The lowest BCUT2D eigenvalue weighted by molar-refractivity contribution is 0.252. The maximum atomic E-state index is 5.80. The van der Waals surface area contributed by atoms with Gasteiger partial charge in [-0.05, 0) is 64.9 Å². The van der Waals surface area contributed by atoms with Gasteiger partial charge in [0.15, 0.2) is 0 Å². The summed E-state index contributed by atoms with van der Waals surface area (Å²) in [5, 5.41) is 3.31. The third-order valence-corrected chi connectivity index (χ3v) is 4.38. The highest BCUT2D eigenvalue weighted by molar-refractivity contribution is 5.38. The molecule has 112 valence electrons. The molecule has 1 heterocycles. The van der Waals surface area contributed by atoms with E-state index in [4.69, 9.17) is 4.74 Å². The van der Waals surface area contributed by atoms with E-state index in [9.17, 15) is 0 Å². The van der Waals surface area contributed by atoms with Crippen LogP contribution < -0.4 is 10.1 Å². The molecule has 0 radical (unpaired) electrons. The molecule has 2 atom stereocenters. The fourth-order valence-electron chi connectivity index (χ4n) is 2.90. The number of hydrogen-bond acceptors (Lipinski definition) is 3. The van der Waals surface area contributed by atoms with Crippen LogP contribution >= 0.6 is 0 Å². The molecule has 0 aliphatic carbocycles. The predicted molar refractivity (Wildman–Crippen MR) is 84.2 cm³/mol. The van der Waals surface area contributed by atoms with Crippen LogP contribution in [0.1, 0.15) is 50.8 Å². The number of benzene rings is 1. The molecule has 2 rings (SSSR count). The van der Waals surface area contributed by atoms with Crippen LogP contribution in [0, 0.1) is 0 Å². The van der Waals surface area contributed by atoms with E-state index in [0.29, 0.717) is 12.1 Å². The molecule has 1 aromatic carbocycles. The molecule has 3 nitrogen and oxygen atoms in total. The molecule has 0 amide bonds. The van der Waals surface area contributed by atoms with Gasteiger partial charge < -0.3 is 10.1 Å². The summed E-state index contributed by atoms with van der Waals surface area (Å²) in [6, 6.07) is 7.67. The Labute approximate surface area is 123 Å². The Bertz CT molecular complexity index is 433. The lowest BCUT2D eigenvalue weighted by Gasteiger charge is -2.23. The second-order valence-electron chi connectivity index (χ2n) is 5.77. The average molecular weight is 276 g/mol. The zero-order chi connectivity index (χ0) is 14.5. The predicted octanol–water partition coefficient (Wildman–Crippen LogP) is 3.35. The summed E-state index contributed by atoms with van der Waals surface area (Å²) in [5.74, 6) is 1.04. The van der Waals surface area contributed by atoms with Gasteiger partial charge in [0.05, 0.1) is 6.61 Å². The Morgan fingerprint density at radius 2 is 2.25 bits per heavy atom. The van der Waals surface area contributed by atoms with Crippen LogP contribution in [-0.4, -0.2) is 31.1 Å². The van der Waals surface area contributed by atoms with Gasteiger partial charge in [-0.15, -0.1) is 0 Å².